The summed E-state index contributed by atoms with van der Waals surface area (Å²) in [6, 6.07) is 5.92. The molecule has 2 aromatic heterocycles. The van der Waals surface area contributed by atoms with E-state index in [1.807, 2.05) is 25.1 Å². The van der Waals surface area contributed by atoms with Crippen molar-refractivity contribution in [1.29, 1.82) is 0 Å². The van der Waals surface area contributed by atoms with Crippen molar-refractivity contribution in [2.45, 2.75) is 32.8 Å². The summed E-state index contributed by atoms with van der Waals surface area (Å²) in [6.07, 6.45) is 6.15. The molecule has 1 aliphatic heterocycles. The van der Waals surface area contributed by atoms with Gasteiger partial charge in [0.25, 0.3) is 0 Å². The lowest BCUT2D eigenvalue weighted by Gasteiger charge is -2.25. The summed E-state index contributed by atoms with van der Waals surface area (Å²) in [7, 11) is 0. The van der Waals surface area contributed by atoms with E-state index in [4.69, 9.17) is 9.72 Å². The number of rotatable bonds is 5. The quantitative estimate of drug-likeness (QED) is 0.849. The highest BCUT2D eigenvalue weighted by Crippen LogP contribution is 2.21. The Balaban J connectivity index is 1.87. The third kappa shape index (κ3) is 3.42. The first-order chi connectivity index (χ1) is 10.8. The predicted molar refractivity (Wildman–Crippen MR) is 86.9 cm³/mol. The Bertz CT molecular complexity index is 611. The molecule has 3 rings (SSSR count). The van der Waals surface area contributed by atoms with E-state index >= 15 is 0 Å². The number of hydrogen-bond acceptors (Lipinski definition) is 5. The van der Waals surface area contributed by atoms with E-state index in [0.717, 1.165) is 55.4 Å². The minimum atomic E-state index is 0.319. The highest BCUT2D eigenvalue weighted by molar-refractivity contribution is 5.57. The second-order valence-corrected chi connectivity index (χ2v) is 5.60. The molecule has 22 heavy (non-hydrogen) atoms. The minimum absolute atomic E-state index is 0.319. The normalized spacial score (nSPS) is 17.6. The second-order valence-electron chi connectivity index (χ2n) is 5.60. The molecule has 0 bridgehead atoms. The molecule has 5 heteroatoms. The summed E-state index contributed by atoms with van der Waals surface area (Å²) < 4.78 is 5.76. The first kappa shape index (κ1) is 14.9. The van der Waals surface area contributed by atoms with E-state index in [0.29, 0.717) is 6.10 Å². The molecule has 0 amide bonds. The van der Waals surface area contributed by atoms with E-state index in [2.05, 4.69) is 21.8 Å². The van der Waals surface area contributed by atoms with Crippen LogP contribution in [0.5, 0.6) is 0 Å². The Hall–Kier alpha value is -2.01. The molecule has 1 atom stereocenters. The van der Waals surface area contributed by atoms with E-state index in [1.165, 1.54) is 0 Å². The van der Waals surface area contributed by atoms with E-state index < -0.39 is 0 Å². The van der Waals surface area contributed by atoms with Crippen molar-refractivity contribution in [3.8, 4) is 11.4 Å². The van der Waals surface area contributed by atoms with Gasteiger partial charge in [0.15, 0.2) is 5.82 Å². The van der Waals surface area contributed by atoms with Crippen LogP contribution in [-0.4, -0.2) is 40.8 Å². The summed E-state index contributed by atoms with van der Waals surface area (Å²) >= 11 is 0. The lowest BCUT2D eigenvalue weighted by Crippen LogP contribution is -2.32. The zero-order chi connectivity index (χ0) is 15.4. The van der Waals surface area contributed by atoms with Crippen LogP contribution < -0.4 is 4.90 Å². The topological polar surface area (TPSA) is 51.1 Å². The number of likely N-dealkylation sites (N-methyl/N-ethyl adjacent to an activating group) is 1. The average Bonchev–Trinajstić information content (AvgIpc) is 3.06. The van der Waals surface area contributed by atoms with Crippen LogP contribution in [-0.2, 0) is 4.74 Å². The van der Waals surface area contributed by atoms with Gasteiger partial charge >= 0.3 is 0 Å². The lowest BCUT2D eigenvalue weighted by molar-refractivity contribution is 0.115. The van der Waals surface area contributed by atoms with E-state index in [9.17, 15) is 0 Å². The average molecular weight is 298 g/mol. The molecule has 3 heterocycles. The molecule has 116 valence electrons. The summed E-state index contributed by atoms with van der Waals surface area (Å²) in [5.74, 6) is 1.72. The Morgan fingerprint density at radius 2 is 2.09 bits per heavy atom. The third-order valence-corrected chi connectivity index (χ3v) is 3.93. The Kier molecular flexibility index (Phi) is 4.63. The first-order valence-electron chi connectivity index (χ1n) is 7.89. The third-order valence-electron chi connectivity index (χ3n) is 3.93. The molecule has 0 saturated carbocycles. The fourth-order valence-corrected chi connectivity index (χ4v) is 2.76. The van der Waals surface area contributed by atoms with Crippen LogP contribution in [0.4, 0.5) is 5.82 Å². The number of anilines is 1. The molecule has 0 radical (unpaired) electrons. The molecule has 0 aromatic carbocycles. The maximum absolute atomic E-state index is 5.76. The molecular formula is C17H22N4O. The Morgan fingerprint density at radius 3 is 2.77 bits per heavy atom. The molecule has 1 saturated heterocycles. The van der Waals surface area contributed by atoms with Gasteiger partial charge in [-0.05, 0) is 38.8 Å². The van der Waals surface area contributed by atoms with Gasteiger partial charge in [0.2, 0.25) is 0 Å². The summed E-state index contributed by atoms with van der Waals surface area (Å²) in [5.41, 5.74) is 1.97. The molecule has 0 aliphatic carbocycles. The van der Waals surface area contributed by atoms with Gasteiger partial charge in [-0.15, -0.1) is 0 Å². The van der Waals surface area contributed by atoms with Crippen LogP contribution in [0.15, 0.2) is 30.6 Å². The van der Waals surface area contributed by atoms with Crippen molar-refractivity contribution in [2.75, 3.05) is 24.6 Å². The number of ether oxygens (including phenoxy) is 1. The van der Waals surface area contributed by atoms with Gasteiger partial charge in [-0.1, -0.05) is 0 Å². The summed E-state index contributed by atoms with van der Waals surface area (Å²) in [5, 5.41) is 0. The molecule has 0 N–H and O–H groups in total. The summed E-state index contributed by atoms with van der Waals surface area (Å²) in [6.45, 7) is 6.84. The van der Waals surface area contributed by atoms with Gasteiger partial charge in [0.05, 0.1) is 6.10 Å². The van der Waals surface area contributed by atoms with Crippen molar-refractivity contribution in [1.82, 2.24) is 15.0 Å². The number of aryl methyl sites for hydroxylation is 1. The minimum Gasteiger partial charge on any atom is -0.376 e. The van der Waals surface area contributed by atoms with Gasteiger partial charge in [-0.2, -0.15) is 0 Å². The van der Waals surface area contributed by atoms with Crippen LogP contribution in [0, 0.1) is 6.92 Å². The molecule has 1 fully saturated rings. The number of aromatic nitrogens is 3. The van der Waals surface area contributed by atoms with Crippen LogP contribution in [0.2, 0.25) is 0 Å². The fraction of sp³-hybridized carbons (Fsp3) is 0.471. The van der Waals surface area contributed by atoms with Crippen LogP contribution >= 0.6 is 0 Å². The zero-order valence-corrected chi connectivity index (χ0v) is 13.2. The smallest absolute Gasteiger partial charge is 0.161 e. The van der Waals surface area contributed by atoms with Crippen molar-refractivity contribution in [2.24, 2.45) is 0 Å². The predicted octanol–water partition coefficient (Wildman–Crippen LogP) is 2.85. The maximum atomic E-state index is 5.76. The maximum Gasteiger partial charge on any atom is 0.161 e. The molecule has 0 spiro atoms. The lowest BCUT2D eigenvalue weighted by atomic mass is 10.2. The summed E-state index contributed by atoms with van der Waals surface area (Å²) in [4.78, 5) is 15.6. The highest BCUT2D eigenvalue weighted by atomic mass is 16.5. The monoisotopic (exact) mass is 298 g/mol. The fourth-order valence-electron chi connectivity index (χ4n) is 2.76. The SMILES string of the molecule is CCN(C[C@@H]1CCCO1)c1cc(C)nc(-c2ccncc2)n1. The second kappa shape index (κ2) is 6.83. The van der Waals surface area contributed by atoms with Crippen LogP contribution in [0.3, 0.4) is 0 Å². The molecule has 5 nitrogen and oxygen atoms in total. The Labute approximate surface area is 131 Å². The largest absolute Gasteiger partial charge is 0.376 e. The molecule has 2 aromatic rings. The standard InChI is InChI=1S/C17H22N4O/c1-3-21(12-15-5-4-10-22-15)16-11-13(2)19-17(20-16)14-6-8-18-9-7-14/h6-9,11,15H,3-5,10,12H2,1-2H3/t15-/m0/s1. The number of hydrogen-bond donors (Lipinski definition) is 0. The van der Waals surface area contributed by atoms with Crippen molar-refractivity contribution in [3.05, 3.63) is 36.3 Å². The number of nitrogens with zero attached hydrogens (tertiary/aromatic N) is 4. The Morgan fingerprint density at radius 1 is 1.27 bits per heavy atom. The van der Waals surface area contributed by atoms with Gasteiger partial charge in [-0.25, -0.2) is 9.97 Å². The van der Waals surface area contributed by atoms with Crippen molar-refractivity contribution in [3.63, 3.8) is 0 Å². The van der Waals surface area contributed by atoms with Crippen LogP contribution in [0.25, 0.3) is 11.4 Å². The van der Waals surface area contributed by atoms with Crippen LogP contribution in [0.1, 0.15) is 25.5 Å². The first-order valence-corrected chi connectivity index (χ1v) is 7.89. The molecule has 0 unspecified atom stereocenters. The highest BCUT2D eigenvalue weighted by Gasteiger charge is 2.20. The van der Waals surface area contributed by atoms with Gasteiger partial charge in [-0.3, -0.25) is 4.98 Å². The van der Waals surface area contributed by atoms with E-state index in [-0.39, 0.29) is 0 Å². The molecular weight excluding hydrogens is 276 g/mol. The van der Waals surface area contributed by atoms with Gasteiger partial charge < -0.3 is 9.64 Å². The van der Waals surface area contributed by atoms with Crippen molar-refractivity contribution >= 4 is 5.82 Å². The van der Waals surface area contributed by atoms with Gasteiger partial charge in [0.1, 0.15) is 5.82 Å². The van der Waals surface area contributed by atoms with Crippen molar-refractivity contribution < 1.29 is 4.74 Å². The molecule has 1 aliphatic rings. The van der Waals surface area contributed by atoms with Gasteiger partial charge in [0, 0.05) is 49.4 Å². The zero-order valence-electron chi connectivity index (χ0n) is 13.2. The number of pyridine rings is 1. The van der Waals surface area contributed by atoms with E-state index in [1.54, 1.807) is 12.4 Å².